The number of fused-ring (bicyclic) bond motifs is 1. The van der Waals surface area contributed by atoms with Gasteiger partial charge in [0.1, 0.15) is 0 Å². The van der Waals surface area contributed by atoms with Gasteiger partial charge >= 0.3 is 5.97 Å². The van der Waals surface area contributed by atoms with Gasteiger partial charge in [-0.2, -0.15) is 0 Å². The van der Waals surface area contributed by atoms with Crippen LogP contribution in [0.25, 0.3) is 10.9 Å². The van der Waals surface area contributed by atoms with Gasteiger partial charge in [0.05, 0.1) is 12.7 Å². The zero-order chi connectivity index (χ0) is 17.0. The second-order valence-corrected chi connectivity index (χ2v) is 5.90. The van der Waals surface area contributed by atoms with E-state index in [1.54, 1.807) is 18.2 Å². The minimum Gasteiger partial charge on any atom is -0.465 e. The number of hydrogen-bond donors (Lipinski definition) is 1. The highest BCUT2D eigenvalue weighted by atomic mass is 16.5. The first-order valence-corrected chi connectivity index (χ1v) is 7.90. The highest BCUT2D eigenvalue weighted by Gasteiger charge is 2.14. The van der Waals surface area contributed by atoms with Crippen molar-refractivity contribution in [2.75, 3.05) is 20.7 Å². The fraction of sp³-hybridized carbons (Fsp3) is 0.444. The maximum Gasteiger partial charge on any atom is 0.337 e. The fourth-order valence-corrected chi connectivity index (χ4v) is 2.66. The van der Waals surface area contributed by atoms with Crippen LogP contribution in [0, 0.1) is 6.92 Å². The van der Waals surface area contributed by atoms with Gasteiger partial charge in [0.2, 0.25) is 0 Å². The van der Waals surface area contributed by atoms with Crippen LogP contribution in [0.2, 0.25) is 0 Å². The molecular weight excluding hydrogens is 292 g/mol. The number of aromatic amines is 1. The molecule has 23 heavy (non-hydrogen) atoms. The lowest BCUT2D eigenvalue weighted by Gasteiger charge is -2.17. The Bertz CT molecular complexity index is 765. The number of nitrogens with one attached hydrogen (secondary N) is 1. The van der Waals surface area contributed by atoms with Crippen LogP contribution in [-0.2, 0) is 11.3 Å². The second-order valence-electron chi connectivity index (χ2n) is 5.90. The molecule has 1 aromatic carbocycles. The molecule has 0 radical (unpaired) electrons. The van der Waals surface area contributed by atoms with E-state index in [9.17, 15) is 9.59 Å². The number of benzene rings is 1. The van der Waals surface area contributed by atoms with Gasteiger partial charge in [-0.15, -0.1) is 0 Å². The maximum absolute atomic E-state index is 12.8. The Morgan fingerprint density at radius 2 is 2.09 bits per heavy atom. The van der Waals surface area contributed by atoms with E-state index < -0.39 is 5.97 Å². The summed E-state index contributed by atoms with van der Waals surface area (Å²) in [6.45, 7) is 5.61. The molecule has 0 aliphatic rings. The number of hydrogen-bond acceptors (Lipinski definition) is 4. The van der Waals surface area contributed by atoms with Crippen molar-refractivity contribution in [3.8, 4) is 0 Å². The van der Waals surface area contributed by atoms with Crippen LogP contribution in [0.3, 0.4) is 0 Å². The number of aromatic nitrogens is 1. The Hall–Kier alpha value is -2.14. The fourth-order valence-electron chi connectivity index (χ4n) is 2.66. The number of esters is 1. The van der Waals surface area contributed by atoms with E-state index in [4.69, 9.17) is 4.74 Å². The molecule has 0 atom stereocenters. The summed E-state index contributed by atoms with van der Waals surface area (Å²) >= 11 is 0. The summed E-state index contributed by atoms with van der Waals surface area (Å²) in [5.74, 6) is -0.437. The van der Waals surface area contributed by atoms with Gasteiger partial charge in [-0.1, -0.05) is 13.3 Å². The van der Waals surface area contributed by atoms with Crippen molar-refractivity contribution in [3.63, 3.8) is 0 Å². The third kappa shape index (κ3) is 3.79. The summed E-state index contributed by atoms with van der Waals surface area (Å²) in [5, 5.41) is 0.525. The van der Waals surface area contributed by atoms with Gasteiger partial charge in [0.15, 0.2) is 5.43 Å². The Balaban J connectivity index is 2.45. The van der Waals surface area contributed by atoms with Crippen molar-refractivity contribution in [2.45, 2.75) is 33.2 Å². The smallest absolute Gasteiger partial charge is 0.337 e. The van der Waals surface area contributed by atoms with Crippen LogP contribution in [0.15, 0.2) is 23.0 Å². The molecule has 1 heterocycles. The first kappa shape index (κ1) is 17.2. The van der Waals surface area contributed by atoms with Crippen LogP contribution in [0.1, 0.15) is 41.4 Å². The summed E-state index contributed by atoms with van der Waals surface area (Å²) in [6, 6.07) is 5.02. The summed E-state index contributed by atoms with van der Waals surface area (Å²) in [4.78, 5) is 29.9. The van der Waals surface area contributed by atoms with E-state index >= 15 is 0 Å². The number of carbonyl (C=O) groups excluding carboxylic acids is 1. The highest BCUT2D eigenvalue weighted by Crippen LogP contribution is 2.15. The van der Waals surface area contributed by atoms with Crippen molar-refractivity contribution in [3.05, 3.63) is 45.2 Å². The molecule has 0 spiro atoms. The van der Waals surface area contributed by atoms with Crippen molar-refractivity contribution in [2.24, 2.45) is 0 Å². The molecule has 2 rings (SSSR count). The monoisotopic (exact) mass is 316 g/mol. The number of unbranched alkanes of at least 4 members (excludes halogenated alkanes) is 1. The Kier molecular flexibility index (Phi) is 5.55. The summed E-state index contributed by atoms with van der Waals surface area (Å²) in [5.41, 5.74) is 2.72. The molecule has 0 bridgehead atoms. The average Bonchev–Trinajstić information content (AvgIpc) is 2.55. The predicted molar refractivity (Wildman–Crippen MR) is 91.9 cm³/mol. The number of H-pyrrole nitrogens is 1. The topological polar surface area (TPSA) is 62.4 Å². The first-order valence-electron chi connectivity index (χ1n) is 7.90. The molecular formula is C18H24N2O3. The van der Waals surface area contributed by atoms with E-state index in [0.29, 0.717) is 17.5 Å². The molecule has 5 nitrogen and oxygen atoms in total. The minimum absolute atomic E-state index is 0.0228. The van der Waals surface area contributed by atoms with Crippen LogP contribution < -0.4 is 5.43 Å². The second kappa shape index (κ2) is 7.42. The zero-order valence-electron chi connectivity index (χ0n) is 14.2. The van der Waals surface area contributed by atoms with E-state index in [1.165, 1.54) is 7.11 Å². The maximum atomic E-state index is 12.8. The van der Waals surface area contributed by atoms with Crippen LogP contribution in [0.5, 0.6) is 0 Å². The molecule has 0 amide bonds. The van der Waals surface area contributed by atoms with E-state index in [-0.39, 0.29) is 5.43 Å². The lowest BCUT2D eigenvalue weighted by Crippen LogP contribution is -2.25. The Morgan fingerprint density at radius 3 is 2.74 bits per heavy atom. The number of nitrogens with zero attached hydrogens (tertiary/aromatic N) is 1. The quantitative estimate of drug-likeness (QED) is 0.832. The van der Waals surface area contributed by atoms with Crippen molar-refractivity contribution in [1.82, 2.24) is 9.88 Å². The molecule has 1 aromatic heterocycles. The van der Waals surface area contributed by atoms with Gasteiger partial charge in [-0.3, -0.25) is 4.79 Å². The van der Waals surface area contributed by atoms with Gasteiger partial charge in [-0.25, -0.2) is 4.79 Å². The lowest BCUT2D eigenvalue weighted by molar-refractivity contribution is 0.0601. The molecule has 0 unspecified atom stereocenters. The van der Waals surface area contributed by atoms with Gasteiger partial charge < -0.3 is 14.6 Å². The van der Waals surface area contributed by atoms with Crippen LogP contribution in [0.4, 0.5) is 0 Å². The molecule has 124 valence electrons. The largest absolute Gasteiger partial charge is 0.465 e. The SMILES string of the molecule is CCCCN(C)Cc1c(C)[nH]c2ccc(C(=O)OC)cc2c1=O. The third-order valence-electron chi connectivity index (χ3n) is 4.06. The number of rotatable bonds is 6. The molecule has 2 aromatic rings. The standard InChI is InChI=1S/C18H24N2O3/c1-5-6-9-20(3)11-15-12(2)19-16-8-7-13(18(22)23-4)10-14(16)17(15)21/h7-8,10H,5-6,9,11H2,1-4H3,(H,19,21). The molecule has 0 fully saturated rings. The normalized spacial score (nSPS) is 11.2. The molecule has 5 heteroatoms. The van der Waals surface area contributed by atoms with E-state index in [1.807, 2.05) is 14.0 Å². The molecule has 0 saturated carbocycles. The third-order valence-corrected chi connectivity index (χ3v) is 4.06. The zero-order valence-corrected chi connectivity index (χ0v) is 14.2. The summed E-state index contributed by atoms with van der Waals surface area (Å²) in [6.07, 6.45) is 2.23. The number of aryl methyl sites for hydroxylation is 1. The number of pyridine rings is 1. The predicted octanol–water partition coefficient (Wildman–Crippen LogP) is 2.86. The lowest BCUT2D eigenvalue weighted by atomic mass is 10.1. The van der Waals surface area contributed by atoms with Crippen LogP contribution in [-0.4, -0.2) is 36.6 Å². The number of ether oxygens (including phenoxy) is 1. The van der Waals surface area contributed by atoms with Crippen molar-refractivity contribution in [1.29, 1.82) is 0 Å². The molecule has 0 aliphatic carbocycles. The number of carbonyl (C=O) groups is 1. The summed E-state index contributed by atoms with van der Waals surface area (Å²) in [7, 11) is 3.35. The molecule has 0 aliphatic heterocycles. The van der Waals surface area contributed by atoms with E-state index in [0.717, 1.165) is 36.2 Å². The van der Waals surface area contributed by atoms with Gasteiger partial charge in [0.25, 0.3) is 0 Å². The van der Waals surface area contributed by atoms with Crippen LogP contribution >= 0.6 is 0 Å². The molecule has 1 N–H and O–H groups in total. The Labute approximate surface area is 136 Å². The average molecular weight is 316 g/mol. The Morgan fingerprint density at radius 1 is 1.35 bits per heavy atom. The van der Waals surface area contributed by atoms with Crippen molar-refractivity contribution >= 4 is 16.9 Å². The minimum atomic E-state index is -0.437. The highest BCUT2D eigenvalue weighted by molar-refractivity contribution is 5.94. The first-order chi connectivity index (χ1) is 11.0. The van der Waals surface area contributed by atoms with Gasteiger partial charge in [-0.05, 0) is 45.1 Å². The number of methoxy groups -OCH3 is 1. The summed E-state index contributed by atoms with van der Waals surface area (Å²) < 4.78 is 4.73. The molecule has 0 saturated heterocycles. The van der Waals surface area contributed by atoms with E-state index in [2.05, 4.69) is 16.8 Å². The van der Waals surface area contributed by atoms with Crippen molar-refractivity contribution < 1.29 is 9.53 Å². The van der Waals surface area contributed by atoms with Gasteiger partial charge in [0, 0.05) is 28.7 Å².